The molecule has 0 atom stereocenters. The third-order valence-electron chi connectivity index (χ3n) is 2.65. The number of carbonyl (C=O) groups is 1. The van der Waals surface area contributed by atoms with E-state index in [2.05, 4.69) is 20.8 Å². The number of rotatable bonds is 5. The second kappa shape index (κ2) is 6.57. The summed E-state index contributed by atoms with van der Waals surface area (Å²) < 4.78 is 10.5. The molecule has 0 amide bonds. The van der Waals surface area contributed by atoms with Crippen molar-refractivity contribution in [3.05, 3.63) is 29.3 Å². The van der Waals surface area contributed by atoms with Crippen molar-refractivity contribution in [1.82, 2.24) is 0 Å². The van der Waals surface area contributed by atoms with Crippen molar-refractivity contribution < 1.29 is 19.4 Å². The Hall–Kier alpha value is -1.55. The van der Waals surface area contributed by atoms with Gasteiger partial charge in [-0.25, -0.2) is 4.79 Å². The molecule has 0 saturated carbocycles. The first-order chi connectivity index (χ1) is 8.90. The number of hydrogen-bond donors (Lipinski definition) is 1. The molecule has 0 aromatic heterocycles. The Morgan fingerprint density at radius 3 is 2.53 bits per heavy atom. The van der Waals surface area contributed by atoms with Gasteiger partial charge in [-0.2, -0.15) is 0 Å². The SMILES string of the molecule is CCOc1ccc(C(=O)OCCO)cc1C(C)(C)C. The van der Waals surface area contributed by atoms with Crippen LogP contribution < -0.4 is 4.74 Å². The maximum Gasteiger partial charge on any atom is 0.338 e. The van der Waals surface area contributed by atoms with Crippen LogP contribution in [-0.4, -0.2) is 30.9 Å². The van der Waals surface area contributed by atoms with Crippen molar-refractivity contribution in [2.45, 2.75) is 33.1 Å². The molecule has 4 nitrogen and oxygen atoms in total. The van der Waals surface area contributed by atoms with E-state index in [4.69, 9.17) is 14.6 Å². The number of aliphatic hydroxyl groups is 1. The van der Waals surface area contributed by atoms with Crippen LogP contribution in [-0.2, 0) is 10.2 Å². The number of ether oxygens (including phenoxy) is 2. The third-order valence-corrected chi connectivity index (χ3v) is 2.65. The minimum atomic E-state index is -0.428. The molecule has 4 heteroatoms. The summed E-state index contributed by atoms with van der Waals surface area (Å²) in [7, 11) is 0. The second-order valence-electron chi connectivity index (χ2n) is 5.25. The average molecular weight is 266 g/mol. The molecule has 0 aliphatic carbocycles. The predicted molar refractivity (Wildman–Crippen MR) is 73.7 cm³/mol. The second-order valence-corrected chi connectivity index (χ2v) is 5.25. The van der Waals surface area contributed by atoms with E-state index in [0.29, 0.717) is 12.2 Å². The topological polar surface area (TPSA) is 55.8 Å². The van der Waals surface area contributed by atoms with Gasteiger partial charge in [0.25, 0.3) is 0 Å². The predicted octanol–water partition coefficient (Wildman–Crippen LogP) is 2.53. The van der Waals surface area contributed by atoms with Gasteiger partial charge in [0.2, 0.25) is 0 Å². The van der Waals surface area contributed by atoms with Crippen LogP contribution in [0.1, 0.15) is 43.6 Å². The quantitative estimate of drug-likeness (QED) is 0.832. The lowest BCUT2D eigenvalue weighted by Gasteiger charge is -2.23. The molecule has 1 N–H and O–H groups in total. The molecule has 1 aromatic carbocycles. The van der Waals surface area contributed by atoms with Gasteiger partial charge >= 0.3 is 5.97 Å². The fourth-order valence-corrected chi connectivity index (χ4v) is 1.75. The Balaban J connectivity index is 3.07. The first-order valence-corrected chi connectivity index (χ1v) is 6.45. The van der Waals surface area contributed by atoms with E-state index >= 15 is 0 Å². The van der Waals surface area contributed by atoms with E-state index in [-0.39, 0.29) is 18.6 Å². The van der Waals surface area contributed by atoms with E-state index in [1.54, 1.807) is 18.2 Å². The summed E-state index contributed by atoms with van der Waals surface area (Å²) >= 11 is 0. The number of benzene rings is 1. The first kappa shape index (κ1) is 15.5. The van der Waals surface area contributed by atoms with Crippen molar-refractivity contribution in [2.24, 2.45) is 0 Å². The van der Waals surface area contributed by atoms with Crippen LogP contribution in [0.15, 0.2) is 18.2 Å². The molecule has 0 radical (unpaired) electrons. The van der Waals surface area contributed by atoms with E-state index in [0.717, 1.165) is 11.3 Å². The van der Waals surface area contributed by atoms with Crippen LogP contribution in [0.25, 0.3) is 0 Å². The molecule has 0 aliphatic rings. The highest BCUT2D eigenvalue weighted by atomic mass is 16.5. The zero-order chi connectivity index (χ0) is 14.5. The van der Waals surface area contributed by atoms with Crippen LogP contribution in [0.5, 0.6) is 5.75 Å². The molecule has 19 heavy (non-hydrogen) atoms. The average Bonchev–Trinajstić information content (AvgIpc) is 2.35. The number of carbonyl (C=O) groups excluding carboxylic acids is 1. The van der Waals surface area contributed by atoms with Crippen molar-refractivity contribution in [2.75, 3.05) is 19.8 Å². The summed E-state index contributed by atoms with van der Waals surface area (Å²) in [4.78, 5) is 11.8. The zero-order valence-corrected chi connectivity index (χ0v) is 12.0. The highest BCUT2D eigenvalue weighted by Crippen LogP contribution is 2.32. The standard InChI is InChI=1S/C15H22O4/c1-5-18-13-7-6-11(14(17)19-9-8-16)10-12(13)15(2,3)4/h6-7,10,16H,5,8-9H2,1-4H3. The molecule has 0 spiro atoms. The van der Waals surface area contributed by atoms with Crippen LogP contribution in [0.2, 0.25) is 0 Å². The van der Waals surface area contributed by atoms with Gasteiger partial charge in [0.1, 0.15) is 12.4 Å². The van der Waals surface area contributed by atoms with Gasteiger partial charge in [0.05, 0.1) is 18.8 Å². The monoisotopic (exact) mass is 266 g/mol. The Labute approximate surface area is 114 Å². The Morgan fingerprint density at radius 2 is 2.00 bits per heavy atom. The van der Waals surface area contributed by atoms with Crippen molar-refractivity contribution in [3.63, 3.8) is 0 Å². The molecule has 1 rings (SSSR count). The van der Waals surface area contributed by atoms with Gasteiger partial charge in [0, 0.05) is 5.56 Å². The molecule has 1 aromatic rings. The summed E-state index contributed by atoms with van der Waals surface area (Å²) in [5.74, 6) is 0.358. The van der Waals surface area contributed by atoms with E-state index in [9.17, 15) is 4.79 Å². The molecule has 0 fully saturated rings. The highest BCUT2D eigenvalue weighted by molar-refractivity contribution is 5.90. The third kappa shape index (κ3) is 4.24. The molecule has 0 unspecified atom stereocenters. The first-order valence-electron chi connectivity index (χ1n) is 6.45. The van der Waals surface area contributed by atoms with Gasteiger partial charge in [-0.05, 0) is 30.5 Å². The van der Waals surface area contributed by atoms with Crippen LogP contribution in [0.4, 0.5) is 0 Å². The van der Waals surface area contributed by atoms with Crippen LogP contribution in [0, 0.1) is 0 Å². The Morgan fingerprint density at radius 1 is 1.32 bits per heavy atom. The molecular formula is C15H22O4. The van der Waals surface area contributed by atoms with Gasteiger partial charge in [-0.15, -0.1) is 0 Å². The Bertz CT molecular complexity index is 432. The Kier molecular flexibility index (Phi) is 5.36. The number of esters is 1. The normalized spacial score (nSPS) is 11.2. The summed E-state index contributed by atoms with van der Waals surface area (Å²) in [5, 5.41) is 8.66. The zero-order valence-electron chi connectivity index (χ0n) is 12.0. The smallest absolute Gasteiger partial charge is 0.338 e. The lowest BCUT2D eigenvalue weighted by Crippen LogP contribution is -2.16. The van der Waals surface area contributed by atoms with Gasteiger partial charge in [-0.1, -0.05) is 20.8 Å². The van der Waals surface area contributed by atoms with E-state index < -0.39 is 5.97 Å². The lowest BCUT2D eigenvalue weighted by molar-refractivity contribution is 0.0433. The van der Waals surface area contributed by atoms with Gasteiger partial charge in [-0.3, -0.25) is 0 Å². The van der Waals surface area contributed by atoms with Gasteiger partial charge < -0.3 is 14.6 Å². The molecular weight excluding hydrogens is 244 g/mol. The van der Waals surface area contributed by atoms with Gasteiger partial charge in [0.15, 0.2) is 0 Å². The summed E-state index contributed by atoms with van der Waals surface area (Å²) in [6.07, 6.45) is 0. The van der Waals surface area contributed by atoms with Crippen molar-refractivity contribution in [1.29, 1.82) is 0 Å². The van der Waals surface area contributed by atoms with E-state index in [1.807, 2.05) is 6.92 Å². The van der Waals surface area contributed by atoms with Crippen LogP contribution >= 0.6 is 0 Å². The summed E-state index contributed by atoms with van der Waals surface area (Å²) in [6.45, 7) is 8.54. The molecule has 0 heterocycles. The largest absolute Gasteiger partial charge is 0.494 e. The fraction of sp³-hybridized carbons (Fsp3) is 0.533. The summed E-state index contributed by atoms with van der Waals surface area (Å²) in [6, 6.07) is 5.27. The fourth-order valence-electron chi connectivity index (χ4n) is 1.75. The number of aliphatic hydroxyl groups excluding tert-OH is 1. The molecule has 106 valence electrons. The minimum absolute atomic E-state index is 0.0108. The maximum atomic E-state index is 11.8. The molecule has 0 aliphatic heterocycles. The molecule has 0 bridgehead atoms. The van der Waals surface area contributed by atoms with Crippen LogP contribution in [0.3, 0.4) is 0 Å². The maximum absolute atomic E-state index is 11.8. The van der Waals surface area contributed by atoms with Crippen molar-refractivity contribution >= 4 is 5.97 Å². The minimum Gasteiger partial charge on any atom is -0.494 e. The lowest BCUT2D eigenvalue weighted by atomic mass is 9.85. The van der Waals surface area contributed by atoms with E-state index in [1.165, 1.54) is 0 Å². The molecule has 0 saturated heterocycles. The summed E-state index contributed by atoms with van der Waals surface area (Å²) in [5.41, 5.74) is 1.31. The highest BCUT2D eigenvalue weighted by Gasteiger charge is 2.21. The number of hydrogen-bond acceptors (Lipinski definition) is 4. The van der Waals surface area contributed by atoms with Crippen molar-refractivity contribution in [3.8, 4) is 5.75 Å².